The molecule has 3 heterocycles. The average Bonchev–Trinajstić information content (AvgIpc) is 3.43. The van der Waals surface area contributed by atoms with E-state index in [1.54, 1.807) is 18.1 Å². The first kappa shape index (κ1) is 22.5. The first-order chi connectivity index (χ1) is 14.9. The van der Waals surface area contributed by atoms with Crippen LogP contribution in [-0.2, 0) is 14.8 Å². The largest absolute Gasteiger partial charge is 0.497 e. The van der Waals surface area contributed by atoms with Crippen molar-refractivity contribution in [3.63, 3.8) is 0 Å². The topological polar surface area (TPSA) is 70.2 Å². The highest BCUT2D eigenvalue weighted by Crippen LogP contribution is 2.33. The molecule has 7 nitrogen and oxygen atoms in total. The fourth-order valence-corrected chi connectivity index (χ4v) is 7.32. The van der Waals surface area contributed by atoms with Crippen molar-refractivity contribution in [1.82, 2.24) is 14.1 Å². The van der Waals surface area contributed by atoms with E-state index in [1.165, 1.54) is 10.4 Å². The number of piperazine rings is 1. The van der Waals surface area contributed by atoms with Crippen molar-refractivity contribution < 1.29 is 17.9 Å². The van der Waals surface area contributed by atoms with Gasteiger partial charge >= 0.3 is 0 Å². The highest BCUT2D eigenvalue weighted by molar-refractivity contribution is 7.91. The Morgan fingerprint density at radius 1 is 1.16 bits per heavy atom. The van der Waals surface area contributed by atoms with Gasteiger partial charge in [-0.15, -0.1) is 11.3 Å². The number of nitrogens with zero attached hydrogens (tertiary/aromatic N) is 3. The van der Waals surface area contributed by atoms with E-state index in [4.69, 9.17) is 16.3 Å². The van der Waals surface area contributed by atoms with E-state index in [-0.39, 0.29) is 16.2 Å². The number of halogens is 1. The molecule has 0 radical (unpaired) electrons. The predicted octanol–water partition coefficient (Wildman–Crippen LogP) is 3.08. The lowest BCUT2D eigenvalue weighted by atomic mass is 10.0. The van der Waals surface area contributed by atoms with E-state index in [0.717, 1.165) is 42.0 Å². The third-order valence-electron chi connectivity index (χ3n) is 5.91. The number of ether oxygens (including phenoxy) is 1. The molecule has 2 aliphatic rings. The zero-order chi connectivity index (χ0) is 22.0. The summed E-state index contributed by atoms with van der Waals surface area (Å²) in [6.07, 6.45) is 2.06. The summed E-state index contributed by atoms with van der Waals surface area (Å²) in [6.45, 7) is 2.60. The Hall–Kier alpha value is -1.65. The normalized spacial score (nSPS) is 20.8. The van der Waals surface area contributed by atoms with E-state index in [2.05, 4.69) is 11.0 Å². The number of carbonyl (C=O) groups excluding carboxylic acids is 1. The van der Waals surface area contributed by atoms with Crippen molar-refractivity contribution in [1.29, 1.82) is 0 Å². The maximum atomic E-state index is 13.0. The molecule has 10 heteroatoms. The summed E-state index contributed by atoms with van der Waals surface area (Å²) in [5.41, 5.74) is 1.16. The van der Waals surface area contributed by atoms with Crippen LogP contribution in [0.5, 0.6) is 5.75 Å². The fourth-order valence-electron chi connectivity index (χ4n) is 4.26. The lowest BCUT2D eigenvalue weighted by molar-refractivity contribution is -0.133. The van der Waals surface area contributed by atoms with Gasteiger partial charge in [-0.1, -0.05) is 23.7 Å². The van der Waals surface area contributed by atoms with Gasteiger partial charge < -0.3 is 9.64 Å². The van der Waals surface area contributed by atoms with Crippen LogP contribution in [0.2, 0.25) is 4.34 Å². The first-order valence-corrected chi connectivity index (χ1v) is 12.9. The van der Waals surface area contributed by atoms with Gasteiger partial charge in [0.25, 0.3) is 10.0 Å². The zero-order valence-corrected chi connectivity index (χ0v) is 19.8. The molecule has 1 unspecified atom stereocenters. The molecule has 0 bridgehead atoms. The number of sulfonamides is 1. The molecule has 2 aliphatic heterocycles. The molecule has 31 heavy (non-hydrogen) atoms. The van der Waals surface area contributed by atoms with E-state index < -0.39 is 10.0 Å². The summed E-state index contributed by atoms with van der Waals surface area (Å²) in [5, 5.41) is 0. The molecule has 1 aromatic heterocycles. The van der Waals surface area contributed by atoms with Crippen molar-refractivity contribution in [2.45, 2.75) is 23.1 Å². The molecule has 2 saturated heterocycles. The number of hydrogen-bond acceptors (Lipinski definition) is 6. The first-order valence-electron chi connectivity index (χ1n) is 10.3. The van der Waals surface area contributed by atoms with Crippen LogP contribution in [0.4, 0.5) is 0 Å². The molecule has 2 fully saturated rings. The van der Waals surface area contributed by atoms with Crippen LogP contribution in [0.3, 0.4) is 0 Å². The molecule has 0 aliphatic carbocycles. The molecule has 1 aromatic carbocycles. The Morgan fingerprint density at radius 3 is 2.61 bits per heavy atom. The third-order valence-corrected chi connectivity index (χ3v) is 9.51. The van der Waals surface area contributed by atoms with Gasteiger partial charge in [-0.25, -0.2) is 8.42 Å². The molecule has 0 spiro atoms. The molecule has 168 valence electrons. The summed E-state index contributed by atoms with van der Waals surface area (Å²) in [4.78, 5) is 16.9. The number of hydrogen-bond donors (Lipinski definition) is 0. The van der Waals surface area contributed by atoms with Gasteiger partial charge in [-0.05, 0) is 49.2 Å². The monoisotopic (exact) mass is 483 g/mol. The molecule has 0 N–H and O–H groups in total. The minimum atomic E-state index is -3.56. The second-order valence-electron chi connectivity index (χ2n) is 7.75. The lowest BCUT2D eigenvalue weighted by Crippen LogP contribution is -2.52. The van der Waals surface area contributed by atoms with Crippen molar-refractivity contribution in [2.24, 2.45) is 0 Å². The van der Waals surface area contributed by atoms with Gasteiger partial charge in [0.05, 0.1) is 18.0 Å². The minimum Gasteiger partial charge on any atom is -0.497 e. The van der Waals surface area contributed by atoms with Crippen LogP contribution in [0.15, 0.2) is 40.6 Å². The SMILES string of the molecule is COc1cccc(C2CCCN2CC(=O)N2CCN(S(=O)(=O)c3ccc(Cl)s3)CC2)c1. The van der Waals surface area contributed by atoms with Gasteiger partial charge in [0, 0.05) is 32.2 Å². The van der Waals surface area contributed by atoms with Gasteiger partial charge in [0.15, 0.2) is 0 Å². The van der Waals surface area contributed by atoms with E-state index in [9.17, 15) is 13.2 Å². The number of methoxy groups -OCH3 is 1. The smallest absolute Gasteiger partial charge is 0.252 e. The van der Waals surface area contributed by atoms with Gasteiger partial charge in [0.1, 0.15) is 9.96 Å². The van der Waals surface area contributed by atoms with Gasteiger partial charge in [-0.3, -0.25) is 9.69 Å². The quantitative estimate of drug-likeness (QED) is 0.631. The summed E-state index contributed by atoms with van der Waals surface area (Å²) >= 11 is 6.95. The van der Waals surface area contributed by atoms with Gasteiger partial charge in [-0.2, -0.15) is 4.31 Å². The summed E-state index contributed by atoms with van der Waals surface area (Å²) in [7, 11) is -1.90. The van der Waals surface area contributed by atoms with Crippen LogP contribution in [0.25, 0.3) is 0 Å². The Morgan fingerprint density at radius 2 is 1.94 bits per heavy atom. The highest BCUT2D eigenvalue weighted by atomic mass is 35.5. The predicted molar refractivity (Wildman–Crippen MR) is 121 cm³/mol. The molecular weight excluding hydrogens is 458 g/mol. The lowest BCUT2D eigenvalue weighted by Gasteiger charge is -2.35. The maximum Gasteiger partial charge on any atom is 0.252 e. The molecular formula is C21H26ClN3O4S2. The third kappa shape index (κ3) is 4.90. The zero-order valence-electron chi connectivity index (χ0n) is 17.4. The van der Waals surface area contributed by atoms with Gasteiger partial charge in [0.2, 0.25) is 5.91 Å². The van der Waals surface area contributed by atoms with Crippen molar-refractivity contribution in [3.05, 3.63) is 46.3 Å². The molecule has 4 rings (SSSR count). The number of rotatable bonds is 6. The number of carbonyl (C=O) groups is 1. The Kier molecular flexibility index (Phi) is 6.88. The van der Waals surface area contributed by atoms with Crippen LogP contribution < -0.4 is 4.74 Å². The molecule has 1 amide bonds. The van der Waals surface area contributed by atoms with Crippen molar-refractivity contribution in [3.8, 4) is 5.75 Å². The summed E-state index contributed by atoms with van der Waals surface area (Å²) in [6, 6.07) is 11.3. The number of likely N-dealkylation sites (tertiary alicyclic amines) is 1. The maximum absolute atomic E-state index is 13.0. The Balaban J connectivity index is 1.35. The molecule has 1 atom stereocenters. The fraction of sp³-hybridized carbons (Fsp3) is 0.476. The van der Waals surface area contributed by atoms with E-state index in [0.29, 0.717) is 37.1 Å². The summed E-state index contributed by atoms with van der Waals surface area (Å²) < 4.78 is 33.0. The number of benzene rings is 1. The van der Waals surface area contributed by atoms with Crippen LogP contribution in [-0.4, -0.2) is 74.8 Å². The van der Waals surface area contributed by atoms with E-state index >= 15 is 0 Å². The Labute approximate surface area is 192 Å². The standard InChI is InChI=1S/C21H26ClN3O4S2/c1-29-17-5-2-4-16(14-17)18-6-3-9-24(18)15-20(26)23-10-12-25(13-11-23)31(27,28)21-8-7-19(22)30-21/h2,4-5,7-8,14,18H,3,6,9-13,15H2,1H3. The minimum absolute atomic E-state index is 0.0472. The van der Waals surface area contributed by atoms with Crippen LogP contribution >= 0.6 is 22.9 Å². The number of amides is 1. The van der Waals surface area contributed by atoms with Crippen LogP contribution in [0, 0.1) is 0 Å². The average molecular weight is 484 g/mol. The second kappa shape index (κ2) is 9.46. The van der Waals surface area contributed by atoms with E-state index in [1.807, 2.05) is 18.2 Å². The number of thiophene rings is 1. The second-order valence-corrected chi connectivity index (χ2v) is 11.6. The highest BCUT2D eigenvalue weighted by Gasteiger charge is 2.33. The van der Waals surface area contributed by atoms with Crippen LogP contribution in [0.1, 0.15) is 24.4 Å². The van der Waals surface area contributed by atoms with Crippen molar-refractivity contribution >= 4 is 38.9 Å². The summed E-state index contributed by atoms with van der Waals surface area (Å²) in [5.74, 6) is 0.867. The molecule has 2 aromatic rings. The molecule has 0 saturated carbocycles. The Bertz CT molecular complexity index is 1030. The van der Waals surface area contributed by atoms with Crippen molar-refractivity contribution in [2.75, 3.05) is 46.4 Å².